The second-order valence-corrected chi connectivity index (χ2v) is 5.36. The highest BCUT2D eigenvalue weighted by Crippen LogP contribution is 2.31. The van der Waals surface area contributed by atoms with Crippen molar-refractivity contribution < 1.29 is 9.47 Å². The van der Waals surface area contributed by atoms with Crippen LogP contribution in [-0.2, 0) is 0 Å². The van der Waals surface area contributed by atoms with E-state index in [0.717, 1.165) is 33.8 Å². The Bertz CT molecular complexity index is 582. The molecule has 1 atom stereocenters. The maximum atomic E-state index is 5.35. The molecule has 2 rings (SSSR count). The van der Waals surface area contributed by atoms with Crippen molar-refractivity contribution in [1.29, 1.82) is 0 Å². The first-order valence-electron chi connectivity index (χ1n) is 6.76. The smallest absolute Gasteiger partial charge is 0.122 e. The average molecular weight is 351 g/mol. The molecule has 0 radical (unpaired) electrons. The van der Waals surface area contributed by atoms with Gasteiger partial charge in [-0.3, -0.25) is 4.98 Å². The molecule has 0 amide bonds. The summed E-state index contributed by atoms with van der Waals surface area (Å²) < 4.78 is 11.7. The Morgan fingerprint density at radius 2 is 1.86 bits per heavy atom. The second kappa shape index (κ2) is 7.43. The van der Waals surface area contributed by atoms with Gasteiger partial charge in [-0.2, -0.15) is 0 Å². The molecule has 0 aliphatic rings. The molecule has 0 spiro atoms. The van der Waals surface area contributed by atoms with E-state index in [1.807, 2.05) is 30.3 Å². The van der Waals surface area contributed by atoms with E-state index in [1.165, 1.54) is 0 Å². The summed E-state index contributed by atoms with van der Waals surface area (Å²) in [7, 11) is 3.30. The Kier molecular flexibility index (Phi) is 5.59. The van der Waals surface area contributed by atoms with Crippen LogP contribution in [0.4, 0.5) is 0 Å². The molecule has 1 unspecified atom stereocenters. The highest BCUT2D eigenvalue weighted by atomic mass is 79.9. The van der Waals surface area contributed by atoms with Gasteiger partial charge in [0.2, 0.25) is 0 Å². The molecule has 21 heavy (non-hydrogen) atoms. The van der Waals surface area contributed by atoms with Crippen molar-refractivity contribution in [3.05, 3.63) is 52.3 Å². The predicted molar refractivity (Wildman–Crippen MR) is 87.0 cm³/mol. The van der Waals surface area contributed by atoms with Gasteiger partial charge in [-0.25, -0.2) is 0 Å². The van der Waals surface area contributed by atoms with Gasteiger partial charge in [0, 0.05) is 16.7 Å². The van der Waals surface area contributed by atoms with Crippen LogP contribution in [0.5, 0.6) is 11.5 Å². The van der Waals surface area contributed by atoms with Crippen LogP contribution in [-0.4, -0.2) is 25.7 Å². The molecule has 1 N–H and O–H groups in total. The van der Waals surface area contributed by atoms with Gasteiger partial charge in [-0.1, -0.05) is 6.92 Å². The highest BCUT2D eigenvalue weighted by molar-refractivity contribution is 9.10. The normalized spacial score (nSPS) is 12.0. The van der Waals surface area contributed by atoms with Gasteiger partial charge in [0.1, 0.15) is 11.5 Å². The number of benzene rings is 1. The van der Waals surface area contributed by atoms with Gasteiger partial charge >= 0.3 is 0 Å². The van der Waals surface area contributed by atoms with Crippen molar-refractivity contribution in [3.8, 4) is 11.5 Å². The van der Waals surface area contributed by atoms with Crippen LogP contribution in [0.15, 0.2) is 41.0 Å². The Labute approximate surface area is 133 Å². The highest BCUT2D eigenvalue weighted by Gasteiger charge is 2.18. The number of nitrogens with zero attached hydrogens (tertiary/aromatic N) is 1. The van der Waals surface area contributed by atoms with Crippen LogP contribution in [0.1, 0.15) is 24.2 Å². The molecule has 5 heteroatoms. The number of hydrogen-bond donors (Lipinski definition) is 1. The minimum atomic E-state index is -0.0328. The number of ether oxygens (including phenoxy) is 2. The first-order valence-corrected chi connectivity index (χ1v) is 7.55. The Morgan fingerprint density at radius 1 is 1.19 bits per heavy atom. The van der Waals surface area contributed by atoms with Crippen molar-refractivity contribution in [1.82, 2.24) is 10.3 Å². The number of hydrogen-bond acceptors (Lipinski definition) is 4. The molecule has 0 bridgehead atoms. The molecule has 0 fully saturated rings. The van der Waals surface area contributed by atoms with Crippen molar-refractivity contribution in [2.45, 2.75) is 13.0 Å². The topological polar surface area (TPSA) is 43.4 Å². The van der Waals surface area contributed by atoms with Crippen LogP contribution in [0.25, 0.3) is 0 Å². The summed E-state index contributed by atoms with van der Waals surface area (Å²) in [6.45, 7) is 2.90. The lowest BCUT2D eigenvalue weighted by Crippen LogP contribution is -2.23. The third-order valence-corrected chi connectivity index (χ3v) is 3.85. The molecule has 0 aliphatic carbocycles. The van der Waals surface area contributed by atoms with Gasteiger partial charge in [0.15, 0.2) is 0 Å². The SMILES string of the molecule is CCNC(c1cc(OC)cc(OC)c1)c1ncccc1Br. The van der Waals surface area contributed by atoms with Gasteiger partial charge in [-0.05, 0) is 52.3 Å². The number of aromatic nitrogens is 1. The summed E-state index contributed by atoms with van der Waals surface area (Å²) in [5, 5.41) is 3.46. The second-order valence-electron chi connectivity index (χ2n) is 4.51. The zero-order chi connectivity index (χ0) is 15.2. The van der Waals surface area contributed by atoms with Crippen LogP contribution in [0, 0.1) is 0 Å². The zero-order valence-electron chi connectivity index (χ0n) is 12.4. The number of nitrogens with one attached hydrogen (secondary N) is 1. The summed E-state index contributed by atoms with van der Waals surface area (Å²) in [5.74, 6) is 1.53. The summed E-state index contributed by atoms with van der Waals surface area (Å²) >= 11 is 3.57. The minimum Gasteiger partial charge on any atom is -0.497 e. The fourth-order valence-electron chi connectivity index (χ4n) is 2.18. The fraction of sp³-hybridized carbons (Fsp3) is 0.312. The van der Waals surface area contributed by atoms with Crippen LogP contribution < -0.4 is 14.8 Å². The summed E-state index contributed by atoms with van der Waals surface area (Å²) in [6, 6.07) is 9.72. The Balaban J connectivity index is 2.50. The van der Waals surface area contributed by atoms with Gasteiger partial charge in [0.05, 0.1) is 26.0 Å². The summed E-state index contributed by atoms with van der Waals surface area (Å²) in [6.07, 6.45) is 1.79. The Hall–Kier alpha value is -1.59. The lowest BCUT2D eigenvalue weighted by Gasteiger charge is -2.20. The molecule has 0 aliphatic heterocycles. The predicted octanol–water partition coefficient (Wildman–Crippen LogP) is 3.56. The number of halogens is 1. The number of methoxy groups -OCH3 is 2. The molecule has 1 aromatic carbocycles. The van der Waals surface area contributed by atoms with Gasteiger partial charge < -0.3 is 14.8 Å². The molecule has 0 saturated heterocycles. The van der Waals surface area contributed by atoms with Crippen LogP contribution in [0.3, 0.4) is 0 Å². The molecule has 4 nitrogen and oxygen atoms in total. The van der Waals surface area contributed by atoms with E-state index >= 15 is 0 Å². The number of pyridine rings is 1. The van der Waals surface area contributed by atoms with Crippen molar-refractivity contribution >= 4 is 15.9 Å². The Morgan fingerprint density at radius 3 is 2.38 bits per heavy atom. The molecule has 0 saturated carbocycles. The molecule has 112 valence electrons. The first-order chi connectivity index (χ1) is 10.2. The summed E-state index contributed by atoms with van der Waals surface area (Å²) in [5.41, 5.74) is 1.99. The first kappa shape index (κ1) is 15.8. The molecule has 1 heterocycles. The summed E-state index contributed by atoms with van der Waals surface area (Å²) in [4.78, 5) is 4.49. The van der Waals surface area contributed by atoms with Crippen molar-refractivity contribution in [3.63, 3.8) is 0 Å². The number of rotatable bonds is 6. The third kappa shape index (κ3) is 3.74. The van der Waals surface area contributed by atoms with Crippen LogP contribution >= 0.6 is 15.9 Å². The zero-order valence-corrected chi connectivity index (χ0v) is 14.0. The molecule has 1 aromatic heterocycles. The minimum absolute atomic E-state index is 0.0328. The lowest BCUT2D eigenvalue weighted by molar-refractivity contribution is 0.392. The van der Waals surface area contributed by atoms with Gasteiger partial charge in [0.25, 0.3) is 0 Å². The van der Waals surface area contributed by atoms with E-state index in [2.05, 4.69) is 33.2 Å². The maximum Gasteiger partial charge on any atom is 0.122 e. The van der Waals surface area contributed by atoms with E-state index < -0.39 is 0 Å². The van der Waals surface area contributed by atoms with E-state index in [0.29, 0.717) is 0 Å². The van der Waals surface area contributed by atoms with E-state index in [9.17, 15) is 0 Å². The molecular formula is C16H19BrN2O2. The molecule has 2 aromatic rings. The van der Waals surface area contributed by atoms with Crippen LogP contribution in [0.2, 0.25) is 0 Å². The molecular weight excluding hydrogens is 332 g/mol. The quantitative estimate of drug-likeness (QED) is 0.864. The standard InChI is InChI=1S/C16H19BrN2O2/c1-4-18-15(16-14(17)6-5-7-19-16)11-8-12(20-2)10-13(9-11)21-3/h5-10,15,18H,4H2,1-3H3. The fourth-order valence-corrected chi connectivity index (χ4v) is 2.67. The van der Waals surface area contributed by atoms with E-state index in [1.54, 1.807) is 20.4 Å². The van der Waals surface area contributed by atoms with Crippen molar-refractivity contribution in [2.75, 3.05) is 20.8 Å². The monoisotopic (exact) mass is 350 g/mol. The lowest BCUT2D eigenvalue weighted by atomic mass is 10.0. The largest absolute Gasteiger partial charge is 0.497 e. The third-order valence-electron chi connectivity index (χ3n) is 3.18. The van der Waals surface area contributed by atoms with E-state index in [4.69, 9.17) is 9.47 Å². The van der Waals surface area contributed by atoms with Gasteiger partial charge in [-0.15, -0.1) is 0 Å². The maximum absolute atomic E-state index is 5.35. The van der Waals surface area contributed by atoms with E-state index in [-0.39, 0.29) is 6.04 Å². The van der Waals surface area contributed by atoms with Crippen molar-refractivity contribution in [2.24, 2.45) is 0 Å². The average Bonchev–Trinajstić information content (AvgIpc) is 2.53.